The van der Waals surface area contributed by atoms with Crippen LogP contribution in [0.3, 0.4) is 0 Å². The van der Waals surface area contributed by atoms with Gasteiger partial charge in [0.1, 0.15) is 0 Å². The lowest BCUT2D eigenvalue weighted by Gasteiger charge is -2.45. The fourth-order valence-electron chi connectivity index (χ4n) is 4.74. The van der Waals surface area contributed by atoms with Gasteiger partial charge in [-0.05, 0) is 18.1 Å². The van der Waals surface area contributed by atoms with Crippen LogP contribution in [-0.4, -0.2) is 160 Å². The van der Waals surface area contributed by atoms with Gasteiger partial charge in [0.05, 0.1) is 84.7 Å². The largest absolute Gasteiger partial charge is 0.435 e. The van der Waals surface area contributed by atoms with E-state index in [0.717, 1.165) is 0 Å². The maximum absolute atomic E-state index is 13.7. The van der Waals surface area contributed by atoms with Crippen molar-refractivity contribution in [3.8, 4) is 0 Å². The zero-order chi connectivity index (χ0) is 53.6. The monoisotopic (exact) mass is 1080 g/mol. The lowest BCUT2D eigenvalue weighted by molar-refractivity contribution is -0.474. The van der Waals surface area contributed by atoms with Crippen LogP contribution in [0.5, 0.6) is 0 Å². The van der Waals surface area contributed by atoms with E-state index in [1.807, 2.05) is 33.9 Å². The van der Waals surface area contributed by atoms with Gasteiger partial charge < -0.3 is 37.6 Å². The molecule has 0 heterocycles. The molecule has 0 N–H and O–H groups in total. The van der Waals surface area contributed by atoms with E-state index in [1.54, 1.807) is 0 Å². The lowest BCUT2D eigenvalue weighted by atomic mass is 9.89. The van der Waals surface area contributed by atoms with Crippen LogP contribution in [0.2, 0.25) is 18.1 Å². The molecule has 0 aromatic heterocycles. The Balaban J connectivity index is 7.22. The number of halogens is 27. The van der Waals surface area contributed by atoms with E-state index in [4.69, 9.17) is 18.6 Å². The van der Waals surface area contributed by atoms with Crippen LogP contribution >= 0.6 is 0 Å². The molecule has 0 bridgehead atoms. The van der Waals surface area contributed by atoms with E-state index >= 15 is 0 Å². The van der Waals surface area contributed by atoms with E-state index < -0.39 is 139 Å². The molecule has 0 fully saturated rings. The van der Waals surface area contributed by atoms with Crippen molar-refractivity contribution in [1.82, 2.24) is 0 Å². The fraction of sp³-hybridized carbons (Fsp3) is 1.00. The molecule has 0 aromatic rings. The molecule has 0 unspecified atom stereocenters. The maximum atomic E-state index is 13.7. The molecule has 0 aromatic carbocycles. The molecule has 36 heteroatoms. The van der Waals surface area contributed by atoms with Crippen LogP contribution in [0.15, 0.2) is 0 Å². The molecule has 0 radical (unpaired) electrons. The zero-order valence-electron chi connectivity index (χ0n) is 34.5. The Morgan fingerprint density at radius 2 is 0.478 bits per heavy atom. The Morgan fingerprint density at radius 1 is 0.284 bits per heavy atom. The standard InChI is InChI=1S/C31H39F27O8Si/c1-18(2,3)67(4,5)66-13-12-61-9-8-59-6-7-60-10-11-62-14-19(15-63-20(23(32,33)34,24(35,36)37)25(38,39)40,16-64-21(26(41,42)43,27(44,45)46)28(47,48)49)17-65-22(29(50,51)52,30(53,54)55)31(56,57)58/h6-17H2,1-5H3. The van der Waals surface area contributed by atoms with E-state index in [9.17, 15) is 119 Å². The number of hydrogen-bond acceptors (Lipinski definition) is 8. The van der Waals surface area contributed by atoms with E-state index in [0.29, 0.717) is 0 Å². The van der Waals surface area contributed by atoms with Gasteiger partial charge in [-0.1, -0.05) is 20.8 Å². The summed E-state index contributed by atoms with van der Waals surface area (Å²) in [5.74, 6) is 0. The predicted octanol–water partition coefficient (Wildman–Crippen LogP) is 11.4. The first kappa shape index (κ1) is 65.0. The number of alkyl halides is 27. The molecule has 0 aliphatic heterocycles. The summed E-state index contributed by atoms with van der Waals surface area (Å²) in [7, 11) is -2.14. The van der Waals surface area contributed by atoms with Crippen LogP contribution < -0.4 is 0 Å². The second-order valence-corrected chi connectivity index (χ2v) is 20.2. The molecule has 0 saturated carbocycles. The Hall–Kier alpha value is -1.99. The van der Waals surface area contributed by atoms with Crippen molar-refractivity contribution in [3.05, 3.63) is 0 Å². The van der Waals surface area contributed by atoms with Crippen molar-refractivity contribution in [1.29, 1.82) is 0 Å². The Labute approximate surface area is 361 Å². The third-order valence-electron chi connectivity index (χ3n) is 9.40. The highest BCUT2D eigenvalue weighted by atomic mass is 28.4. The molecule has 0 saturated heterocycles. The molecule has 67 heavy (non-hydrogen) atoms. The molecular formula is C31H39F27O8Si. The van der Waals surface area contributed by atoms with Crippen LogP contribution in [-0.2, 0) is 37.6 Å². The molecule has 0 rings (SSSR count). The Kier molecular flexibility index (Phi) is 21.1. The van der Waals surface area contributed by atoms with Gasteiger partial charge in [0.2, 0.25) is 0 Å². The molecule has 0 aliphatic carbocycles. The molecule has 0 amide bonds. The molecule has 0 atom stereocenters. The summed E-state index contributed by atoms with van der Waals surface area (Å²) in [5.41, 5.74) is -28.9. The minimum atomic E-state index is -8.06. The molecule has 0 aliphatic rings. The summed E-state index contributed by atoms with van der Waals surface area (Å²) in [6, 6.07) is 0. The van der Waals surface area contributed by atoms with Crippen LogP contribution in [0.25, 0.3) is 0 Å². The number of hydrogen-bond donors (Lipinski definition) is 0. The smallest absolute Gasteiger partial charge is 0.414 e. The first-order valence-corrected chi connectivity index (χ1v) is 20.7. The third-order valence-corrected chi connectivity index (χ3v) is 13.9. The second kappa shape index (κ2) is 21.8. The van der Waals surface area contributed by atoms with Crippen molar-refractivity contribution in [2.45, 2.75) is 111 Å². The highest BCUT2D eigenvalue weighted by molar-refractivity contribution is 6.74. The van der Waals surface area contributed by atoms with Gasteiger partial charge in [0, 0.05) is 0 Å². The zero-order valence-corrected chi connectivity index (χ0v) is 35.5. The van der Waals surface area contributed by atoms with Gasteiger partial charge in [-0.25, -0.2) is 0 Å². The number of rotatable bonds is 24. The summed E-state index contributed by atoms with van der Waals surface area (Å²) in [5, 5.41) is -0.147. The molecular weight excluding hydrogens is 1040 g/mol. The summed E-state index contributed by atoms with van der Waals surface area (Å²) < 4.78 is 403. The first-order valence-electron chi connectivity index (χ1n) is 17.8. The van der Waals surface area contributed by atoms with Gasteiger partial charge in [-0.15, -0.1) is 0 Å². The maximum Gasteiger partial charge on any atom is 0.435 e. The quantitative estimate of drug-likeness (QED) is 0.0538. The summed E-state index contributed by atoms with van der Waals surface area (Å²) in [6.07, 6.45) is -72.5. The van der Waals surface area contributed by atoms with Crippen LogP contribution in [0.1, 0.15) is 20.8 Å². The van der Waals surface area contributed by atoms with Crippen LogP contribution in [0, 0.1) is 5.41 Å². The predicted molar refractivity (Wildman–Crippen MR) is 169 cm³/mol. The fourth-order valence-corrected chi connectivity index (χ4v) is 5.76. The number of ether oxygens (including phenoxy) is 7. The Morgan fingerprint density at radius 3 is 0.672 bits per heavy atom. The molecule has 0 spiro atoms. The summed E-state index contributed by atoms with van der Waals surface area (Å²) in [6.45, 7) is -9.17. The van der Waals surface area contributed by atoms with E-state index in [1.165, 1.54) is 0 Å². The summed E-state index contributed by atoms with van der Waals surface area (Å²) in [4.78, 5) is 0. The molecule has 8 nitrogen and oxygen atoms in total. The summed E-state index contributed by atoms with van der Waals surface area (Å²) >= 11 is 0. The van der Waals surface area contributed by atoms with Gasteiger partial charge >= 0.3 is 72.4 Å². The minimum Gasteiger partial charge on any atom is -0.414 e. The minimum absolute atomic E-state index is 0.0725. The highest BCUT2D eigenvalue weighted by Gasteiger charge is 2.88. The molecule has 404 valence electrons. The topological polar surface area (TPSA) is 73.8 Å². The average Bonchev–Trinajstić information content (AvgIpc) is 3.02. The lowest BCUT2D eigenvalue weighted by Crippen LogP contribution is -2.71. The van der Waals surface area contributed by atoms with Gasteiger partial charge in [0.15, 0.2) is 8.32 Å². The van der Waals surface area contributed by atoms with Gasteiger partial charge in [0.25, 0.3) is 0 Å². The second-order valence-electron chi connectivity index (χ2n) is 15.4. The van der Waals surface area contributed by atoms with Crippen molar-refractivity contribution in [3.63, 3.8) is 0 Å². The van der Waals surface area contributed by atoms with Crippen molar-refractivity contribution < 1.29 is 156 Å². The van der Waals surface area contributed by atoms with Crippen LogP contribution in [0.4, 0.5) is 119 Å². The highest BCUT2D eigenvalue weighted by Crippen LogP contribution is 2.59. The van der Waals surface area contributed by atoms with E-state index in [2.05, 4.69) is 18.9 Å². The third kappa shape index (κ3) is 15.0. The van der Waals surface area contributed by atoms with E-state index in [-0.39, 0.29) is 31.5 Å². The Bertz CT molecular complexity index is 1250. The van der Waals surface area contributed by atoms with Crippen molar-refractivity contribution in [2.24, 2.45) is 5.41 Å². The first-order chi connectivity index (χ1) is 29.3. The van der Waals surface area contributed by atoms with Gasteiger partial charge in [-0.3, -0.25) is 0 Å². The SMILES string of the molecule is CC(C)(C)[Si](C)(C)OCCOCCOCCOCCOCC(COC(C(F)(F)F)(C(F)(F)F)C(F)(F)F)(COC(C(F)(F)F)(C(F)(F)F)C(F)(F)F)COC(C(F)(F)F)(C(F)(F)F)C(F)(F)F. The van der Waals surface area contributed by atoms with Crippen molar-refractivity contribution in [2.75, 3.05) is 79.3 Å². The van der Waals surface area contributed by atoms with Gasteiger partial charge in [-0.2, -0.15) is 119 Å². The normalized spacial score (nSPS) is 15.8. The van der Waals surface area contributed by atoms with Crippen molar-refractivity contribution >= 4 is 8.32 Å². The average molecular weight is 1080 g/mol.